The van der Waals surface area contributed by atoms with Gasteiger partial charge < -0.3 is 11.5 Å². The first kappa shape index (κ1) is 18.9. The first-order chi connectivity index (χ1) is 12.5. The van der Waals surface area contributed by atoms with Crippen molar-refractivity contribution in [2.75, 3.05) is 0 Å². The van der Waals surface area contributed by atoms with Gasteiger partial charge in [-0.15, -0.1) is 0 Å². The van der Waals surface area contributed by atoms with E-state index in [2.05, 4.69) is 6.92 Å². The van der Waals surface area contributed by atoms with E-state index in [-0.39, 0.29) is 52.6 Å². The van der Waals surface area contributed by atoms with Crippen molar-refractivity contribution in [3.8, 4) is 0 Å². The molecule has 4 aliphatic carbocycles. The number of hydrogen-bond acceptors (Lipinski definition) is 5. The zero-order valence-corrected chi connectivity index (χ0v) is 16.8. The SMILES string of the molecule is CC1CCC(SC2CC(N)C3C(=O)C4CCCCC4C(=O)C3C2N)CC1. The summed E-state index contributed by atoms with van der Waals surface area (Å²) in [5.74, 6) is 0.571. The Balaban J connectivity index is 1.51. The molecule has 0 aliphatic heterocycles. The molecule has 146 valence electrons. The molecule has 26 heavy (non-hydrogen) atoms. The second kappa shape index (κ2) is 7.56. The number of carbonyl (C=O) groups is 2. The van der Waals surface area contributed by atoms with Gasteiger partial charge in [0, 0.05) is 46.3 Å². The Morgan fingerprint density at radius 3 is 2.04 bits per heavy atom. The summed E-state index contributed by atoms with van der Waals surface area (Å²) in [6.45, 7) is 2.33. The van der Waals surface area contributed by atoms with Crippen molar-refractivity contribution in [3.05, 3.63) is 0 Å². The van der Waals surface area contributed by atoms with Gasteiger partial charge in [-0.3, -0.25) is 9.59 Å². The molecule has 4 rings (SSSR count). The fraction of sp³-hybridized carbons (Fsp3) is 0.905. The number of Topliss-reactive ketones (excluding diaryl/α,β-unsaturated/α-hetero) is 2. The quantitative estimate of drug-likeness (QED) is 0.771. The predicted octanol–water partition coefficient (Wildman–Crippen LogP) is 2.92. The molecule has 0 aromatic heterocycles. The number of carbonyl (C=O) groups excluding carboxylic acids is 2. The van der Waals surface area contributed by atoms with Crippen molar-refractivity contribution in [2.45, 2.75) is 87.3 Å². The lowest BCUT2D eigenvalue weighted by Crippen LogP contribution is -2.65. The molecule has 4 saturated carbocycles. The third kappa shape index (κ3) is 3.29. The molecule has 5 heteroatoms. The summed E-state index contributed by atoms with van der Waals surface area (Å²) in [7, 11) is 0. The Hall–Kier alpha value is -0.390. The Labute approximate surface area is 161 Å². The smallest absolute Gasteiger partial charge is 0.142 e. The van der Waals surface area contributed by atoms with Crippen LogP contribution in [0.1, 0.15) is 64.7 Å². The van der Waals surface area contributed by atoms with Crippen LogP contribution in [-0.2, 0) is 9.59 Å². The van der Waals surface area contributed by atoms with E-state index in [0.717, 1.165) is 38.0 Å². The van der Waals surface area contributed by atoms with Crippen LogP contribution in [0.3, 0.4) is 0 Å². The third-order valence-corrected chi connectivity index (χ3v) is 9.39. The van der Waals surface area contributed by atoms with Gasteiger partial charge in [-0.25, -0.2) is 0 Å². The molecule has 4 N–H and O–H groups in total. The number of hydrogen-bond donors (Lipinski definition) is 2. The van der Waals surface area contributed by atoms with Crippen molar-refractivity contribution in [1.29, 1.82) is 0 Å². The third-order valence-electron chi connectivity index (χ3n) is 7.68. The fourth-order valence-corrected chi connectivity index (χ4v) is 7.85. The Morgan fingerprint density at radius 2 is 1.42 bits per heavy atom. The Kier molecular flexibility index (Phi) is 5.51. The number of ketones is 2. The molecule has 4 fully saturated rings. The minimum Gasteiger partial charge on any atom is -0.327 e. The molecule has 4 nitrogen and oxygen atoms in total. The monoisotopic (exact) mass is 378 g/mol. The molecule has 0 spiro atoms. The van der Waals surface area contributed by atoms with Crippen LogP contribution >= 0.6 is 11.8 Å². The molecule has 7 atom stereocenters. The highest BCUT2D eigenvalue weighted by Gasteiger charge is 2.57. The van der Waals surface area contributed by atoms with Gasteiger partial charge >= 0.3 is 0 Å². The summed E-state index contributed by atoms with van der Waals surface area (Å²) in [5.41, 5.74) is 13.2. The standard InChI is InChI=1S/C21H34N2O2S/c1-11-6-8-12(9-7-11)26-16-10-15(22)17-18(19(16)23)21(25)14-5-3-2-4-13(14)20(17)24/h11-19H,2-10,22-23H2,1H3. The van der Waals surface area contributed by atoms with E-state index in [4.69, 9.17) is 11.5 Å². The normalized spacial score (nSPS) is 49.4. The second-order valence-corrected chi connectivity index (χ2v) is 10.9. The predicted molar refractivity (Wildman–Crippen MR) is 106 cm³/mol. The molecule has 0 bridgehead atoms. The van der Waals surface area contributed by atoms with Crippen LogP contribution in [0.25, 0.3) is 0 Å². The van der Waals surface area contributed by atoms with E-state index < -0.39 is 0 Å². The molecule has 0 heterocycles. The number of thioether (sulfide) groups is 1. The van der Waals surface area contributed by atoms with E-state index in [1.807, 2.05) is 11.8 Å². The van der Waals surface area contributed by atoms with E-state index in [1.165, 1.54) is 25.7 Å². The highest BCUT2D eigenvalue weighted by molar-refractivity contribution is 8.00. The van der Waals surface area contributed by atoms with E-state index >= 15 is 0 Å². The van der Waals surface area contributed by atoms with Crippen LogP contribution in [0.2, 0.25) is 0 Å². The molecule has 0 amide bonds. The van der Waals surface area contributed by atoms with Crippen molar-refractivity contribution in [1.82, 2.24) is 0 Å². The molecule has 7 unspecified atom stereocenters. The Bertz CT molecular complexity index is 560. The van der Waals surface area contributed by atoms with Crippen molar-refractivity contribution < 1.29 is 9.59 Å². The molecular weight excluding hydrogens is 344 g/mol. The largest absolute Gasteiger partial charge is 0.327 e. The van der Waals surface area contributed by atoms with Gasteiger partial charge in [0.25, 0.3) is 0 Å². The highest BCUT2D eigenvalue weighted by Crippen LogP contribution is 2.48. The molecule has 0 radical (unpaired) electrons. The summed E-state index contributed by atoms with van der Waals surface area (Å²) in [6, 6.07) is -0.400. The first-order valence-electron chi connectivity index (χ1n) is 10.7. The summed E-state index contributed by atoms with van der Waals surface area (Å²) in [6.07, 6.45) is 9.74. The van der Waals surface area contributed by atoms with E-state index in [9.17, 15) is 9.59 Å². The van der Waals surface area contributed by atoms with Crippen LogP contribution in [-0.4, -0.2) is 34.2 Å². The first-order valence-corrected chi connectivity index (χ1v) is 11.7. The van der Waals surface area contributed by atoms with Gasteiger partial charge in [0.15, 0.2) is 0 Å². The minimum absolute atomic E-state index is 0.0696. The number of fused-ring (bicyclic) bond motifs is 2. The second-order valence-electron chi connectivity index (χ2n) is 9.39. The van der Waals surface area contributed by atoms with E-state index in [0.29, 0.717) is 5.25 Å². The summed E-state index contributed by atoms with van der Waals surface area (Å²) >= 11 is 1.98. The maximum Gasteiger partial charge on any atom is 0.142 e. The van der Waals surface area contributed by atoms with Crippen molar-refractivity contribution >= 4 is 23.3 Å². The summed E-state index contributed by atoms with van der Waals surface area (Å²) < 4.78 is 0. The van der Waals surface area contributed by atoms with Crippen LogP contribution in [0.5, 0.6) is 0 Å². The van der Waals surface area contributed by atoms with E-state index in [1.54, 1.807) is 0 Å². The fourth-order valence-electron chi connectivity index (χ4n) is 6.13. The maximum atomic E-state index is 13.3. The molecular formula is C21H34N2O2S. The maximum absolute atomic E-state index is 13.3. The van der Waals surface area contributed by atoms with Gasteiger partial charge in [-0.2, -0.15) is 11.8 Å². The zero-order chi connectivity index (χ0) is 18.4. The lowest BCUT2D eigenvalue weighted by Gasteiger charge is -2.50. The molecule has 0 aromatic carbocycles. The van der Waals surface area contributed by atoms with Gasteiger partial charge in [0.2, 0.25) is 0 Å². The lowest BCUT2D eigenvalue weighted by molar-refractivity contribution is -0.152. The van der Waals surface area contributed by atoms with Gasteiger partial charge in [0.1, 0.15) is 11.6 Å². The van der Waals surface area contributed by atoms with Crippen LogP contribution < -0.4 is 11.5 Å². The highest BCUT2D eigenvalue weighted by atomic mass is 32.2. The van der Waals surface area contributed by atoms with Crippen molar-refractivity contribution in [3.63, 3.8) is 0 Å². The molecule has 0 saturated heterocycles. The van der Waals surface area contributed by atoms with Gasteiger partial charge in [-0.1, -0.05) is 19.8 Å². The average molecular weight is 379 g/mol. The zero-order valence-electron chi connectivity index (χ0n) is 15.9. The van der Waals surface area contributed by atoms with Crippen LogP contribution in [0.15, 0.2) is 0 Å². The van der Waals surface area contributed by atoms with Crippen LogP contribution in [0, 0.1) is 29.6 Å². The van der Waals surface area contributed by atoms with Gasteiger partial charge in [0.05, 0.1) is 0 Å². The van der Waals surface area contributed by atoms with Gasteiger partial charge in [-0.05, 0) is 50.9 Å². The summed E-state index contributed by atoms with van der Waals surface area (Å²) in [4.78, 5) is 26.4. The lowest BCUT2D eigenvalue weighted by atomic mass is 9.56. The Morgan fingerprint density at radius 1 is 0.846 bits per heavy atom. The number of rotatable bonds is 2. The summed E-state index contributed by atoms with van der Waals surface area (Å²) in [5, 5.41) is 0.865. The van der Waals surface area contributed by atoms with Crippen LogP contribution in [0.4, 0.5) is 0 Å². The molecule has 0 aromatic rings. The molecule has 4 aliphatic rings. The number of nitrogens with two attached hydrogens (primary N) is 2. The minimum atomic E-state index is -0.328. The van der Waals surface area contributed by atoms with Crippen molar-refractivity contribution in [2.24, 2.45) is 41.1 Å². The average Bonchev–Trinajstić information content (AvgIpc) is 2.64. The topological polar surface area (TPSA) is 86.2 Å².